The first-order valence-corrected chi connectivity index (χ1v) is 8.01. The zero-order valence-electron chi connectivity index (χ0n) is 11.1. The molecule has 0 saturated carbocycles. The van der Waals surface area contributed by atoms with Gasteiger partial charge in [0.1, 0.15) is 5.82 Å². The molecule has 1 aliphatic heterocycles. The normalized spacial score (nSPS) is 17.7. The molecule has 0 bridgehead atoms. The Balaban J connectivity index is 1.64. The van der Waals surface area contributed by atoms with Crippen LogP contribution in [-0.4, -0.2) is 46.0 Å². The summed E-state index contributed by atoms with van der Waals surface area (Å²) in [6, 6.07) is 5.83. The molecule has 1 fully saturated rings. The van der Waals surface area contributed by atoms with Crippen molar-refractivity contribution in [2.75, 3.05) is 36.9 Å². The molecule has 0 radical (unpaired) electrons. The topological polar surface area (TPSA) is 57.9 Å². The summed E-state index contributed by atoms with van der Waals surface area (Å²) in [6.07, 6.45) is 2.29. The average Bonchev–Trinajstić information content (AvgIpc) is 2.63. The molecular formula is C14H20N4S. The Labute approximate surface area is 117 Å². The van der Waals surface area contributed by atoms with Gasteiger partial charge in [-0.1, -0.05) is 0 Å². The van der Waals surface area contributed by atoms with Crippen LogP contribution in [0.5, 0.6) is 0 Å². The number of nitrogen functional groups attached to an aromatic ring is 1. The van der Waals surface area contributed by atoms with Gasteiger partial charge in [-0.05, 0) is 36.9 Å². The van der Waals surface area contributed by atoms with Gasteiger partial charge in [0, 0.05) is 31.0 Å². The van der Waals surface area contributed by atoms with E-state index in [-0.39, 0.29) is 0 Å². The molecule has 4 nitrogen and oxygen atoms in total. The fourth-order valence-electron chi connectivity index (χ4n) is 2.48. The lowest BCUT2D eigenvalue weighted by Crippen LogP contribution is -2.28. The van der Waals surface area contributed by atoms with Gasteiger partial charge in [-0.3, -0.25) is 0 Å². The molecule has 19 heavy (non-hydrogen) atoms. The van der Waals surface area contributed by atoms with E-state index in [1.807, 2.05) is 18.2 Å². The molecule has 3 rings (SSSR count). The molecule has 1 saturated heterocycles. The summed E-state index contributed by atoms with van der Waals surface area (Å²) in [5.41, 5.74) is 8.62. The number of nitrogens with two attached hydrogens (primary N) is 1. The molecule has 102 valence electrons. The predicted molar refractivity (Wildman–Crippen MR) is 82.6 cm³/mol. The van der Waals surface area contributed by atoms with E-state index in [1.54, 1.807) is 0 Å². The van der Waals surface area contributed by atoms with Crippen molar-refractivity contribution in [1.82, 2.24) is 14.9 Å². The number of nitrogens with zero attached hydrogens (tertiary/aromatic N) is 2. The van der Waals surface area contributed by atoms with Crippen LogP contribution in [-0.2, 0) is 6.42 Å². The van der Waals surface area contributed by atoms with Crippen molar-refractivity contribution in [3.63, 3.8) is 0 Å². The molecule has 0 aliphatic carbocycles. The number of aromatic amines is 1. The van der Waals surface area contributed by atoms with Gasteiger partial charge in [0.25, 0.3) is 0 Å². The number of imidazole rings is 1. The summed E-state index contributed by atoms with van der Waals surface area (Å²) in [6.45, 7) is 3.52. The molecule has 0 unspecified atom stereocenters. The Kier molecular flexibility index (Phi) is 3.94. The molecule has 0 amide bonds. The smallest absolute Gasteiger partial charge is 0.108 e. The van der Waals surface area contributed by atoms with Gasteiger partial charge < -0.3 is 15.6 Å². The van der Waals surface area contributed by atoms with E-state index in [9.17, 15) is 0 Å². The maximum absolute atomic E-state index is 5.78. The predicted octanol–water partition coefficient (Wildman–Crippen LogP) is 2.13. The van der Waals surface area contributed by atoms with Gasteiger partial charge >= 0.3 is 0 Å². The van der Waals surface area contributed by atoms with Crippen LogP contribution >= 0.6 is 11.8 Å². The SMILES string of the molecule is Nc1ccc2nc(CCN3CCCSCC3)[nH]c2c1. The van der Waals surface area contributed by atoms with Gasteiger partial charge in [-0.25, -0.2) is 4.98 Å². The minimum absolute atomic E-state index is 0.784. The maximum atomic E-state index is 5.78. The van der Waals surface area contributed by atoms with Crippen LogP contribution in [0.1, 0.15) is 12.2 Å². The van der Waals surface area contributed by atoms with Crippen LogP contribution in [0.25, 0.3) is 11.0 Å². The average molecular weight is 276 g/mol. The Morgan fingerprint density at radius 1 is 1.32 bits per heavy atom. The maximum Gasteiger partial charge on any atom is 0.108 e. The number of hydrogen-bond donors (Lipinski definition) is 2. The number of H-pyrrole nitrogens is 1. The Morgan fingerprint density at radius 2 is 2.26 bits per heavy atom. The fraction of sp³-hybridized carbons (Fsp3) is 0.500. The highest BCUT2D eigenvalue weighted by Gasteiger charge is 2.10. The third kappa shape index (κ3) is 3.22. The first kappa shape index (κ1) is 12.8. The summed E-state index contributed by atoms with van der Waals surface area (Å²) in [7, 11) is 0. The minimum Gasteiger partial charge on any atom is -0.399 e. The van der Waals surface area contributed by atoms with Crippen LogP contribution in [0.15, 0.2) is 18.2 Å². The van der Waals surface area contributed by atoms with E-state index in [0.29, 0.717) is 0 Å². The van der Waals surface area contributed by atoms with Crippen molar-refractivity contribution in [3.05, 3.63) is 24.0 Å². The molecule has 1 aliphatic rings. The van der Waals surface area contributed by atoms with E-state index in [4.69, 9.17) is 5.73 Å². The summed E-state index contributed by atoms with van der Waals surface area (Å²) in [5.74, 6) is 3.63. The van der Waals surface area contributed by atoms with Crippen LogP contribution in [0.3, 0.4) is 0 Å². The number of nitrogens with one attached hydrogen (secondary N) is 1. The lowest BCUT2D eigenvalue weighted by molar-refractivity contribution is 0.298. The van der Waals surface area contributed by atoms with Crippen molar-refractivity contribution < 1.29 is 0 Å². The van der Waals surface area contributed by atoms with Gasteiger partial charge in [-0.15, -0.1) is 0 Å². The van der Waals surface area contributed by atoms with Crippen LogP contribution < -0.4 is 5.73 Å². The Hall–Kier alpha value is -1.20. The lowest BCUT2D eigenvalue weighted by atomic mass is 10.3. The number of benzene rings is 1. The zero-order chi connectivity index (χ0) is 13.1. The van der Waals surface area contributed by atoms with Gasteiger partial charge in [0.15, 0.2) is 0 Å². The quantitative estimate of drug-likeness (QED) is 0.843. The van der Waals surface area contributed by atoms with Gasteiger partial charge in [0.2, 0.25) is 0 Å². The van der Waals surface area contributed by atoms with Crippen molar-refractivity contribution in [2.45, 2.75) is 12.8 Å². The van der Waals surface area contributed by atoms with Crippen molar-refractivity contribution in [3.8, 4) is 0 Å². The Bertz CT molecular complexity index is 543. The highest BCUT2D eigenvalue weighted by Crippen LogP contribution is 2.16. The molecular weight excluding hydrogens is 256 g/mol. The third-order valence-corrected chi connectivity index (χ3v) is 4.58. The first-order chi connectivity index (χ1) is 9.31. The minimum atomic E-state index is 0.784. The number of rotatable bonds is 3. The van der Waals surface area contributed by atoms with E-state index in [0.717, 1.165) is 35.5 Å². The van der Waals surface area contributed by atoms with E-state index in [1.165, 1.54) is 31.0 Å². The largest absolute Gasteiger partial charge is 0.399 e. The second-order valence-corrected chi connectivity index (χ2v) is 6.24. The number of aromatic nitrogens is 2. The van der Waals surface area contributed by atoms with E-state index >= 15 is 0 Å². The highest BCUT2D eigenvalue weighted by molar-refractivity contribution is 7.99. The monoisotopic (exact) mass is 276 g/mol. The summed E-state index contributed by atoms with van der Waals surface area (Å²) in [5, 5.41) is 0. The molecule has 1 aromatic carbocycles. The van der Waals surface area contributed by atoms with Crippen LogP contribution in [0, 0.1) is 0 Å². The number of thioether (sulfide) groups is 1. The van der Waals surface area contributed by atoms with E-state index in [2.05, 4.69) is 26.6 Å². The number of anilines is 1. The third-order valence-electron chi connectivity index (χ3n) is 3.53. The number of fused-ring (bicyclic) bond motifs is 1. The molecule has 0 spiro atoms. The molecule has 1 aromatic heterocycles. The molecule has 3 N–H and O–H groups in total. The second-order valence-electron chi connectivity index (χ2n) is 5.02. The molecule has 0 atom stereocenters. The van der Waals surface area contributed by atoms with E-state index < -0.39 is 0 Å². The van der Waals surface area contributed by atoms with Crippen molar-refractivity contribution in [2.24, 2.45) is 0 Å². The summed E-state index contributed by atoms with van der Waals surface area (Å²) >= 11 is 2.07. The lowest BCUT2D eigenvalue weighted by Gasteiger charge is -2.18. The van der Waals surface area contributed by atoms with Crippen LogP contribution in [0.4, 0.5) is 5.69 Å². The standard InChI is InChI=1S/C14H20N4S/c15-11-2-3-12-13(10-11)17-14(16-12)4-6-18-5-1-8-19-9-7-18/h2-3,10H,1,4-9,15H2,(H,16,17). The number of hydrogen-bond acceptors (Lipinski definition) is 4. The van der Waals surface area contributed by atoms with Crippen molar-refractivity contribution >= 4 is 28.5 Å². The highest BCUT2D eigenvalue weighted by atomic mass is 32.2. The summed E-state index contributed by atoms with van der Waals surface area (Å²) in [4.78, 5) is 10.5. The first-order valence-electron chi connectivity index (χ1n) is 6.85. The van der Waals surface area contributed by atoms with Crippen molar-refractivity contribution in [1.29, 1.82) is 0 Å². The molecule has 2 heterocycles. The zero-order valence-corrected chi connectivity index (χ0v) is 11.9. The Morgan fingerprint density at radius 3 is 3.21 bits per heavy atom. The molecule has 2 aromatic rings. The molecule has 5 heteroatoms. The second kappa shape index (κ2) is 5.84. The fourth-order valence-corrected chi connectivity index (χ4v) is 3.41. The van der Waals surface area contributed by atoms with Crippen LogP contribution in [0.2, 0.25) is 0 Å². The van der Waals surface area contributed by atoms with Gasteiger partial charge in [0.05, 0.1) is 11.0 Å². The van der Waals surface area contributed by atoms with Gasteiger partial charge in [-0.2, -0.15) is 11.8 Å². The summed E-state index contributed by atoms with van der Waals surface area (Å²) < 4.78 is 0.